The Morgan fingerprint density at radius 1 is 1.33 bits per heavy atom. The molecule has 2 aromatic rings. The second-order valence-corrected chi connectivity index (χ2v) is 6.13. The predicted octanol–water partition coefficient (Wildman–Crippen LogP) is 4.84. The Hall–Kier alpha value is -0.990. The van der Waals surface area contributed by atoms with Gasteiger partial charge in [0.05, 0.1) is 4.88 Å². The van der Waals surface area contributed by atoms with Gasteiger partial charge in [0.2, 0.25) is 0 Å². The molecular formula is C13H11BrF4N2S. The number of hydrogen-bond acceptors (Lipinski definition) is 3. The molecule has 0 saturated heterocycles. The van der Waals surface area contributed by atoms with Gasteiger partial charge in [-0.05, 0) is 24.7 Å². The quantitative estimate of drug-likeness (QED) is 0.765. The van der Waals surface area contributed by atoms with Crippen molar-refractivity contribution in [2.75, 3.05) is 6.54 Å². The van der Waals surface area contributed by atoms with E-state index < -0.39 is 17.7 Å². The van der Waals surface area contributed by atoms with Crippen molar-refractivity contribution in [3.8, 4) is 10.6 Å². The summed E-state index contributed by atoms with van der Waals surface area (Å²) in [5.74, 6) is -0.523. The van der Waals surface area contributed by atoms with Crippen LogP contribution in [0.4, 0.5) is 17.6 Å². The number of halogens is 5. The monoisotopic (exact) mass is 382 g/mol. The van der Waals surface area contributed by atoms with Gasteiger partial charge in [-0.1, -0.05) is 22.9 Å². The van der Waals surface area contributed by atoms with Crippen LogP contribution in [-0.4, -0.2) is 11.5 Å². The maximum Gasteiger partial charge on any atom is 0.434 e. The number of nitrogens with one attached hydrogen (secondary N) is 1. The third-order valence-electron chi connectivity index (χ3n) is 2.66. The van der Waals surface area contributed by atoms with Crippen molar-refractivity contribution in [1.29, 1.82) is 0 Å². The summed E-state index contributed by atoms with van der Waals surface area (Å²) in [4.78, 5) is 3.76. The largest absolute Gasteiger partial charge is 0.434 e. The summed E-state index contributed by atoms with van der Waals surface area (Å²) in [7, 11) is 0. The topological polar surface area (TPSA) is 24.9 Å². The van der Waals surface area contributed by atoms with Crippen molar-refractivity contribution < 1.29 is 17.6 Å². The first-order valence-corrected chi connectivity index (χ1v) is 7.67. The van der Waals surface area contributed by atoms with Crippen LogP contribution in [0.5, 0.6) is 0 Å². The number of thiazole rings is 1. The maximum atomic E-state index is 13.3. The molecule has 8 heteroatoms. The molecule has 2 nitrogen and oxygen atoms in total. The SMILES string of the molecule is CCNCc1sc(-c2cc(F)ccc2Br)nc1C(F)(F)F. The van der Waals surface area contributed by atoms with Crippen LogP contribution in [0, 0.1) is 5.82 Å². The van der Waals surface area contributed by atoms with Crippen LogP contribution in [0.15, 0.2) is 22.7 Å². The highest BCUT2D eigenvalue weighted by Gasteiger charge is 2.37. The van der Waals surface area contributed by atoms with Gasteiger partial charge in [-0.3, -0.25) is 0 Å². The lowest BCUT2D eigenvalue weighted by Gasteiger charge is -2.05. The summed E-state index contributed by atoms with van der Waals surface area (Å²) in [6, 6.07) is 3.84. The summed E-state index contributed by atoms with van der Waals surface area (Å²) >= 11 is 4.12. The molecule has 1 aromatic heterocycles. The van der Waals surface area contributed by atoms with Crippen LogP contribution in [0.25, 0.3) is 10.6 Å². The second-order valence-electron chi connectivity index (χ2n) is 4.19. The van der Waals surface area contributed by atoms with E-state index in [9.17, 15) is 17.6 Å². The maximum absolute atomic E-state index is 13.3. The van der Waals surface area contributed by atoms with E-state index in [1.165, 1.54) is 18.2 Å². The first-order chi connectivity index (χ1) is 9.82. The molecule has 0 saturated carbocycles. The van der Waals surface area contributed by atoms with Crippen molar-refractivity contribution in [2.24, 2.45) is 0 Å². The van der Waals surface area contributed by atoms with Crippen LogP contribution >= 0.6 is 27.3 Å². The predicted molar refractivity (Wildman–Crippen MR) is 77.6 cm³/mol. The first kappa shape index (κ1) is 16.4. The molecule has 0 unspecified atom stereocenters. The average molecular weight is 383 g/mol. The highest BCUT2D eigenvalue weighted by molar-refractivity contribution is 9.10. The zero-order valence-corrected chi connectivity index (χ0v) is 13.3. The van der Waals surface area contributed by atoms with Crippen molar-refractivity contribution in [1.82, 2.24) is 10.3 Å². The highest BCUT2D eigenvalue weighted by atomic mass is 79.9. The number of benzene rings is 1. The molecular weight excluding hydrogens is 372 g/mol. The van der Waals surface area contributed by atoms with Gasteiger partial charge in [0, 0.05) is 16.6 Å². The van der Waals surface area contributed by atoms with Gasteiger partial charge in [-0.15, -0.1) is 11.3 Å². The smallest absolute Gasteiger partial charge is 0.312 e. The normalized spacial score (nSPS) is 11.9. The molecule has 0 amide bonds. The Bertz CT molecular complexity index is 640. The van der Waals surface area contributed by atoms with Gasteiger partial charge in [-0.2, -0.15) is 13.2 Å². The van der Waals surface area contributed by atoms with E-state index >= 15 is 0 Å². The van der Waals surface area contributed by atoms with Gasteiger partial charge in [-0.25, -0.2) is 9.37 Å². The molecule has 0 aliphatic rings. The van der Waals surface area contributed by atoms with E-state index in [1.807, 2.05) is 0 Å². The molecule has 21 heavy (non-hydrogen) atoms. The molecule has 0 fully saturated rings. The zero-order valence-electron chi connectivity index (χ0n) is 10.9. The Morgan fingerprint density at radius 2 is 2.05 bits per heavy atom. The van der Waals surface area contributed by atoms with Crippen molar-refractivity contribution >= 4 is 27.3 Å². The fourth-order valence-corrected chi connectivity index (χ4v) is 3.36. The lowest BCUT2D eigenvalue weighted by Crippen LogP contribution is -2.15. The Kier molecular flexibility index (Phi) is 5.00. The van der Waals surface area contributed by atoms with Gasteiger partial charge in [0.1, 0.15) is 10.8 Å². The van der Waals surface area contributed by atoms with E-state index in [1.54, 1.807) is 6.92 Å². The van der Waals surface area contributed by atoms with Crippen LogP contribution in [-0.2, 0) is 12.7 Å². The number of aromatic nitrogens is 1. The van der Waals surface area contributed by atoms with Crippen molar-refractivity contribution in [2.45, 2.75) is 19.6 Å². The number of nitrogens with zero attached hydrogens (tertiary/aromatic N) is 1. The summed E-state index contributed by atoms with van der Waals surface area (Å²) in [5.41, 5.74) is -0.604. The third-order valence-corrected chi connectivity index (χ3v) is 4.44. The third kappa shape index (κ3) is 3.81. The Balaban J connectivity index is 2.50. The molecule has 1 heterocycles. The molecule has 0 aliphatic carbocycles. The van der Waals surface area contributed by atoms with E-state index in [4.69, 9.17) is 0 Å². The van der Waals surface area contributed by atoms with E-state index in [-0.39, 0.29) is 16.4 Å². The minimum Gasteiger partial charge on any atom is -0.312 e. The number of hydrogen-bond donors (Lipinski definition) is 1. The fourth-order valence-electron chi connectivity index (χ4n) is 1.71. The summed E-state index contributed by atoms with van der Waals surface area (Å²) in [6.07, 6.45) is -4.53. The van der Waals surface area contributed by atoms with E-state index in [2.05, 4.69) is 26.2 Å². The lowest BCUT2D eigenvalue weighted by atomic mass is 10.2. The van der Waals surface area contributed by atoms with E-state index in [0.717, 1.165) is 11.3 Å². The average Bonchev–Trinajstić information content (AvgIpc) is 2.83. The molecule has 0 spiro atoms. The lowest BCUT2D eigenvalue weighted by molar-refractivity contribution is -0.141. The van der Waals surface area contributed by atoms with Gasteiger partial charge in [0.15, 0.2) is 5.69 Å². The van der Waals surface area contributed by atoms with Crippen molar-refractivity contribution in [3.63, 3.8) is 0 Å². The standard InChI is InChI=1S/C13H11BrF4N2S/c1-2-19-6-10-11(13(16,17)18)20-12(21-10)8-5-7(15)3-4-9(8)14/h3-5,19H,2,6H2,1H3. The van der Waals surface area contributed by atoms with Gasteiger partial charge < -0.3 is 5.32 Å². The van der Waals surface area contributed by atoms with E-state index in [0.29, 0.717) is 16.6 Å². The summed E-state index contributed by atoms with van der Waals surface area (Å²) < 4.78 is 52.8. The molecule has 1 aromatic carbocycles. The van der Waals surface area contributed by atoms with Crippen LogP contribution < -0.4 is 5.32 Å². The molecule has 2 rings (SSSR count). The molecule has 0 radical (unpaired) electrons. The number of rotatable bonds is 4. The fraction of sp³-hybridized carbons (Fsp3) is 0.308. The highest BCUT2D eigenvalue weighted by Crippen LogP contribution is 2.39. The minimum atomic E-state index is -4.53. The molecule has 114 valence electrons. The van der Waals surface area contributed by atoms with Gasteiger partial charge in [0.25, 0.3) is 0 Å². The Labute approximate surface area is 131 Å². The molecule has 0 bridgehead atoms. The second kappa shape index (κ2) is 6.41. The number of alkyl halides is 3. The zero-order chi connectivity index (χ0) is 15.6. The first-order valence-electron chi connectivity index (χ1n) is 6.06. The summed E-state index contributed by atoms with van der Waals surface area (Å²) in [5, 5.41) is 2.99. The van der Waals surface area contributed by atoms with Gasteiger partial charge >= 0.3 is 6.18 Å². The Morgan fingerprint density at radius 3 is 2.67 bits per heavy atom. The van der Waals surface area contributed by atoms with Crippen LogP contribution in [0.2, 0.25) is 0 Å². The van der Waals surface area contributed by atoms with Crippen LogP contribution in [0.1, 0.15) is 17.5 Å². The van der Waals surface area contributed by atoms with Crippen LogP contribution in [0.3, 0.4) is 0 Å². The molecule has 0 atom stereocenters. The molecule has 1 N–H and O–H groups in total. The van der Waals surface area contributed by atoms with Crippen molar-refractivity contribution in [3.05, 3.63) is 39.1 Å². The minimum absolute atomic E-state index is 0.0793. The summed E-state index contributed by atoms with van der Waals surface area (Å²) in [6.45, 7) is 2.43. The molecule has 0 aliphatic heterocycles.